The zero-order valence-corrected chi connectivity index (χ0v) is 14.3. The number of nitrogens with zero attached hydrogens (tertiary/aromatic N) is 1. The predicted molar refractivity (Wildman–Crippen MR) is 86.8 cm³/mol. The summed E-state index contributed by atoms with van der Waals surface area (Å²) in [5.74, 6) is 1.34. The van der Waals surface area contributed by atoms with E-state index in [0.29, 0.717) is 24.4 Å². The second kappa shape index (κ2) is 7.90. The lowest BCUT2D eigenvalue weighted by Gasteiger charge is -2.22. The molecule has 124 valence electrons. The monoisotopic (exact) mass is 317 g/mol. The van der Waals surface area contributed by atoms with Crippen molar-refractivity contribution in [2.75, 3.05) is 38.5 Å². The van der Waals surface area contributed by atoms with Gasteiger partial charge in [-0.3, -0.25) is 0 Å². The van der Waals surface area contributed by atoms with Gasteiger partial charge >= 0.3 is 0 Å². The number of hydrogen-bond donors (Lipinski definition) is 2. The van der Waals surface area contributed by atoms with E-state index in [1.54, 1.807) is 0 Å². The van der Waals surface area contributed by atoms with Crippen LogP contribution in [0.15, 0.2) is 0 Å². The van der Waals surface area contributed by atoms with Crippen molar-refractivity contribution < 1.29 is 8.42 Å². The highest BCUT2D eigenvalue weighted by Crippen LogP contribution is 2.19. The van der Waals surface area contributed by atoms with Gasteiger partial charge in [0.25, 0.3) is 0 Å². The largest absolute Gasteiger partial charge is 0.317 e. The molecule has 6 heteroatoms. The normalized spacial score (nSPS) is 25.8. The Morgan fingerprint density at radius 1 is 1.19 bits per heavy atom. The Hall–Kier alpha value is -0.170. The minimum atomic E-state index is -3.10. The van der Waals surface area contributed by atoms with Gasteiger partial charge in [-0.15, -0.1) is 0 Å². The first-order valence-electron chi connectivity index (χ1n) is 8.38. The van der Waals surface area contributed by atoms with Gasteiger partial charge in [-0.25, -0.2) is 13.1 Å². The molecule has 1 atom stereocenters. The first kappa shape index (κ1) is 17.2. The van der Waals surface area contributed by atoms with Gasteiger partial charge in [0.2, 0.25) is 10.0 Å². The summed E-state index contributed by atoms with van der Waals surface area (Å²) in [5.41, 5.74) is 0. The average molecular weight is 317 g/mol. The maximum atomic E-state index is 12.1. The summed E-state index contributed by atoms with van der Waals surface area (Å²) in [6.45, 7) is 9.19. The van der Waals surface area contributed by atoms with Crippen LogP contribution in [-0.2, 0) is 10.0 Å². The minimum Gasteiger partial charge on any atom is -0.317 e. The summed E-state index contributed by atoms with van der Waals surface area (Å²) in [7, 11) is -3.10. The zero-order chi connectivity index (χ0) is 15.3. The Morgan fingerprint density at radius 2 is 1.90 bits per heavy atom. The maximum Gasteiger partial charge on any atom is 0.211 e. The predicted octanol–water partition coefficient (Wildman–Crippen LogP) is 1.03. The van der Waals surface area contributed by atoms with Gasteiger partial charge in [0.1, 0.15) is 0 Å². The highest BCUT2D eigenvalue weighted by molar-refractivity contribution is 7.89. The third-order valence-corrected chi connectivity index (χ3v) is 6.27. The van der Waals surface area contributed by atoms with Crippen LogP contribution in [0.5, 0.6) is 0 Å². The molecule has 0 aromatic carbocycles. The fourth-order valence-electron chi connectivity index (χ4n) is 3.31. The topological polar surface area (TPSA) is 61.4 Å². The zero-order valence-electron chi connectivity index (χ0n) is 13.5. The van der Waals surface area contributed by atoms with E-state index in [2.05, 4.69) is 28.8 Å². The van der Waals surface area contributed by atoms with E-state index >= 15 is 0 Å². The number of likely N-dealkylation sites (tertiary alicyclic amines) is 1. The second-order valence-electron chi connectivity index (χ2n) is 6.89. The molecular formula is C15H31N3O2S. The van der Waals surface area contributed by atoms with E-state index in [0.717, 1.165) is 51.9 Å². The van der Waals surface area contributed by atoms with Crippen LogP contribution in [0.3, 0.4) is 0 Å². The Morgan fingerprint density at radius 3 is 2.52 bits per heavy atom. The molecule has 2 aliphatic heterocycles. The first-order valence-corrected chi connectivity index (χ1v) is 10.0. The maximum absolute atomic E-state index is 12.1. The molecular weight excluding hydrogens is 286 g/mol. The van der Waals surface area contributed by atoms with Crippen LogP contribution in [0.1, 0.15) is 39.5 Å². The molecule has 0 saturated carbocycles. The van der Waals surface area contributed by atoms with Gasteiger partial charge in [-0.2, -0.15) is 0 Å². The third kappa shape index (κ3) is 5.85. The van der Waals surface area contributed by atoms with Crippen molar-refractivity contribution in [2.45, 2.75) is 45.6 Å². The summed E-state index contributed by atoms with van der Waals surface area (Å²) in [4.78, 5) is 2.42. The lowest BCUT2D eigenvalue weighted by molar-refractivity contribution is 0.265. The Labute approximate surface area is 129 Å². The third-order valence-electron chi connectivity index (χ3n) is 4.89. The number of piperidine rings is 1. The Bertz CT molecular complexity index is 405. The van der Waals surface area contributed by atoms with Crippen molar-refractivity contribution in [1.29, 1.82) is 0 Å². The molecule has 0 radical (unpaired) electrons. The summed E-state index contributed by atoms with van der Waals surface area (Å²) in [6, 6.07) is 0.562. The van der Waals surface area contributed by atoms with Crippen molar-refractivity contribution in [3.63, 3.8) is 0 Å². The molecule has 0 amide bonds. The fourth-order valence-corrected chi connectivity index (χ4v) is 4.59. The van der Waals surface area contributed by atoms with E-state index < -0.39 is 10.0 Å². The van der Waals surface area contributed by atoms with E-state index in [1.807, 2.05) is 0 Å². The first-order chi connectivity index (χ1) is 9.96. The molecule has 5 nitrogen and oxygen atoms in total. The summed E-state index contributed by atoms with van der Waals surface area (Å²) < 4.78 is 27.0. The van der Waals surface area contributed by atoms with Crippen molar-refractivity contribution in [3.05, 3.63) is 0 Å². The highest BCUT2D eigenvalue weighted by atomic mass is 32.2. The quantitative estimate of drug-likeness (QED) is 0.736. The molecule has 2 N–H and O–H groups in total. The van der Waals surface area contributed by atoms with Gasteiger partial charge in [0, 0.05) is 19.1 Å². The minimum absolute atomic E-state index is 0.290. The molecule has 0 aliphatic carbocycles. The van der Waals surface area contributed by atoms with Crippen LogP contribution >= 0.6 is 0 Å². The van der Waals surface area contributed by atoms with E-state index in [4.69, 9.17) is 0 Å². The molecule has 2 saturated heterocycles. The summed E-state index contributed by atoms with van der Waals surface area (Å²) in [6.07, 6.45) is 4.14. The van der Waals surface area contributed by atoms with Crippen molar-refractivity contribution in [1.82, 2.24) is 14.9 Å². The standard InChI is InChI=1S/C15H31N3O2S/c1-13(2)18-9-5-15(12-18)11-17-21(19,20)10-6-14-3-7-16-8-4-14/h13-17H,3-12H2,1-2H3. The van der Waals surface area contributed by atoms with Gasteiger partial charge in [0.05, 0.1) is 5.75 Å². The Kier molecular flexibility index (Phi) is 6.47. The summed E-state index contributed by atoms with van der Waals surface area (Å²) in [5, 5.41) is 3.32. The lowest BCUT2D eigenvalue weighted by Crippen LogP contribution is -2.35. The van der Waals surface area contributed by atoms with Crippen molar-refractivity contribution in [2.24, 2.45) is 11.8 Å². The second-order valence-corrected chi connectivity index (χ2v) is 8.82. The molecule has 2 aliphatic rings. The number of sulfonamides is 1. The summed E-state index contributed by atoms with van der Waals surface area (Å²) >= 11 is 0. The van der Waals surface area contributed by atoms with Crippen LogP contribution in [0.2, 0.25) is 0 Å². The van der Waals surface area contributed by atoms with Gasteiger partial charge in [-0.05, 0) is 71.0 Å². The van der Waals surface area contributed by atoms with E-state index in [1.165, 1.54) is 0 Å². The van der Waals surface area contributed by atoms with Crippen molar-refractivity contribution in [3.8, 4) is 0 Å². The molecule has 0 aromatic rings. The van der Waals surface area contributed by atoms with Crippen LogP contribution in [-0.4, -0.2) is 57.8 Å². The SMILES string of the molecule is CC(C)N1CCC(CNS(=O)(=O)CCC2CCNCC2)C1. The van der Waals surface area contributed by atoms with Crippen LogP contribution in [0.4, 0.5) is 0 Å². The van der Waals surface area contributed by atoms with Gasteiger partial charge in [0.15, 0.2) is 0 Å². The molecule has 2 heterocycles. The molecule has 2 fully saturated rings. The lowest BCUT2D eigenvalue weighted by atomic mass is 9.96. The average Bonchev–Trinajstić information content (AvgIpc) is 2.94. The van der Waals surface area contributed by atoms with Crippen molar-refractivity contribution >= 4 is 10.0 Å². The van der Waals surface area contributed by atoms with Gasteiger partial charge in [-0.1, -0.05) is 0 Å². The smallest absolute Gasteiger partial charge is 0.211 e. The molecule has 1 unspecified atom stereocenters. The number of rotatable bonds is 7. The van der Waals surface area contributed by atoms with Gasteiger partial charge < -0.3 is 10.2 Å². The number of nitrogens with one attached hydrogen (secondary N) is 2. The highest BCUT2D eigenvalue weighted by Gasteiger charge is 2.25. The molecule has 2 rings (SSSR count). The molecule has 0 spiro atoms. The van der Waals surface area contributed by atoms with E-state index in [9.17, 15) is 8.42 Å². The fraction of sp³-hybridized carbons (Fsp3) is 1.00. The molecule has 0 aromatic heterocycles. The number of hydrogen-bond acceptors (Lipinski definition) is 4. The Balaban J connectivity index is 1.66. The van der Waals surface area contributed by atoms with Crippen LogP contribution in [0, 0.1) is 11.8 Å². The molecule has 21 heavy (non-hydrogen) atoms. The molecule has 0 bridgehead atoms. The van der Waals surface area contributed by atoms with Crippen LogP contribution in [0.25, 0.3) is 0 Å². The van der Waals surface area contributed by atoms with Crippen LogP contribution < -0.4 is 10.0 Å². The van der Waals surface area contributed by atoms with E-state index in [-0.39, 0.29) is 5.75 Å².